The number of halogens is 2. The topological polar surface area (TPSA) is 151 Å². The Labute approximate surface area is 239 Å². The Bertz CT molecular complexity index is 1350. The van der Waals surface area contributed by atoms with E-state index < -0.39 is 63.0 Å². The van der Waals surface area contributed by atoms with Gasteiger partial charge < -0.3 is 19.7 Å². The number of likely N-dealkylation sites (tertiary alicyclic amines) is 2. The number of alkyl halides is 2. The number of aromatic hydroxyl groups is 1. The van der Waals surface area contributed by atoms with Gasteiger partial charge in [0, 0.05) is 25.9 Å². The maximum absolute atomic E-state index is 13.7. The second-order valence-electron chi connectivity index (χ2n) is 10.6. The molecule has 4 amide bonds. The van der Waals surface area contributed by atoms with Gasteiger partial charge in [-0.05, 0) is 42.9 Å². The number of imide groups is 2. The zero-order valence-corrected chi connectivity index (χ0v) is 23.5. The van der Waals surface area contributed by atoms with Gasteiger partial charge in [0.25, 0.3) is 11.8 Å². The number of rotatable bonds is 7. The number of aliphatic carboxylic acids is 1. The van der Waals surface area contributed by atoms with E-state index in [9.17, 15) is 29.1 Å². The summed E-state index contributed by atoms with van der Waals surface area (Å²) in [5, 5.41) is 19.5. The lowest BCUT2D eigenvalue weighted by atomic mass is 9.56. The first-order valence-corrected chi connectivity index (χ1v) is 13.5. The average Bonchev–Trinajstić information content (AvgIpc) is 3.23. The number of nitrogens with zero attached hydrogens (tertiary/aromatic N) is 2. The van der Waals surface area contributed by atoms with Crippen LogP contribution in [0.4, 0.5) is 0 Å². The number of phenolic OH excluding ortho intramolecular Hbond substituents is 1. The van der Waals surface area contributed by atoms with Crippen molar-refractivity contribution in [1.82, 2.24) is 9.80 Å². The van der Waals surface area contributed by atoms with Crippen LogP contribution in [0.25, 0.3) is 0 Å². The van der Waals surface area contributed by atoms with Gasteiger partial charge in [0.1, 0.15) is 0 Å². The molecule has 6 atom stereocenters. The third-order valence-corrected chi connectivity index (χ3v) is 10.1. The maximum atomic E-state index is 13.7. The van der Waals surface area contributed by atoms with Crippen molar-refractivity contribution in [2.45, 2.75) is 41.3 Å². The fourth-order valence-corrected chi connectivity index (χ4v) is 7.89. The summed E-state index contributed by atoms with van der Waals surface area (Å²) in [6.07, 6.45) is 1.71. The van der Waals surface area contributed by atoms with E-state index in [-0.39, 0.29) is 49.5 Å². The third kappa shape index (κ3) is 3.66. The van der Waals surface area contributed by atoms with Gasteiger partial charge >= 0.3 is 5.97 Å². The number of carboxylic acid groups (broad SMARTS) is 1. The predicted octanol–water partition coefficient (Wildman–Crippen LogP) is 2.26. The van der Waals surface area contributed by atoms with Crippen LogP contribution in [-0.2, 0) is 24.0 Å². The highest BCUT2D eigenvalue weighted by atomic mass is 35.5. The number of amides is 4. The van der Waals surface area contributed by atoms with Crippen molar-refractivity contribution in [3.05, 3.63) is 29.3 Å². The van der Waals surface area contributed by atoms with Gasteiger partial charge in [-0.15, -0.1) is 23.2 Å². The van der Waals surface area contributed by atoms with E-state index >= 15 is 0 Å². The minimum atomic E-state index is -1.99. The van der Waals surface area contributed by atoms with Crippen LogP contribution in [0.1, 0.15) is 37.2 Å². The zero-order valence-electron chi connectivity index (χ0n) is 22.0. The lowest BCUT2D eigenvalue weighted by Crippen LogP contribution is -2.60. The predicted molar refractivity (Wildman–Crippen MR) is 140 cm³/mol. The highest BCUT2D eigenvalue weighted by Gasteiger charge is 2.75. The van der Waals surface area contributed by atoms with Crippen LogP contribution < -0.4 is 9.47 Å². The molecule has 0 unspecified atom stereocenters. The molecular weight excluding hydrogens is 567 g/mol. The number of ether oxygens (including phenoxy) is 2. The molecule has 1 saturated carbocycles. The molecule has 11 nitrogen and oxygen atoms in total. The monoisotopic (exact) mass is 594 g/mol. The number of fused-ring (bicyclic) bond motifs is 4. The molecule has 2 aliphatic heterocycles. The van der Waals surface area contributed by atoms with Crippen LogP contribution >= 0.6 is 23.2 Å². The van der Waals surface area contributed by atoms with E-state index in [1.807, 2.05) is 0 Å². The highest BCUT2D eigenvalue weighted by molar-refractivity contribution is 6.53. The summed E-state index contributed by atoms with van der Waals surface area (Å²) in [5.41, 5.74) is 0.944. The van der Waals surface area contributed by atoms with Crippen LogP contribution in [0.5, 0.6) is 17.2 Å². The molecule has 2 aliphatic carbocycles. The number of phenols is 1. The normalized spacial score (nSPS) is 33.0. The number of benzene rings is 1. The smallest absolute Gasteiger partial charge is 0.303 e. The number of carbonyl (C=O) groups excluding carboxylic acids is 4. The van der Waals surface area contributed by atoms with E-state index in [4.69, 9.17) is 37.8 Å². The number of hydrogen-bond acceptors (Lipinski definition) is 8. The fraction of sp³-hybridized carbons (Fsp3) is 0.519. The summed E-state index contributed by atoms with van der Waals surface area (Å²) in [6.45, 7) is -0.0412. The molecule has 4 aliphatic rings. The molecule has 1 aromatic carbocycles. The summed E-state index contributed by atoms with van der Waals surface area (Å²) in [7, 11) is 3.98. The molecule has 40 heavy (non-hydrogen) atoms. The van der Waals surface area contributed by atoms with Gasteiger partial charge in [0.05, 0.1) is 26.1 Å². The molecule has 13 heteroatoms. The molecule has 0 spiro atoms. The Morgan fingerprint density at radius 3 is 2.25 bits per heavy atom. The average molecular weight is 595 g/mol. The Morgan fingerprint density at radius 2 is 1.68 bits per heavy atom. The Kier molecular flexibility index (Phi) is 6.81. The molecule has 2 N–H and O–H groups in total. The SMILES string of the molecule is COc1cc([C@H]2C3=CC[C@@H]4C(=O)N(CCCC(=O)O)C(=O)[C@@H]4[C@@H]3C[C@@]3(Cl)C(=O)N(C)C(=O)[C@@]23Cl)cc(OC)c1O. The van der Waals surface area contributed by atoms with E-state index in [0.29, 0.717) is 11.1 Å². The van der Waals surface area contributed by atoms with Crippen LogP contribution in [0.2, 0.25) is 0 Å². The van der Waals surface area contributed by atoms with E-state index in [1.54, 1.807) is 6.08 Å². The summed E-state index contributed by atoms with van der Waals surface area (Å²) >= 11 is 14.3. The zero-order chi connectivity index (χ0) is 29.3. The first-order valence-electron chi connectivity index (χ1n) is 12.8. The largest absolute Gasteiger partial charge is 0.502 e. The minimum Gasteiger partial charge on any atom is -0.502 e. The maximum Gasteiger partial charge on any atom is 0.303 e. The number of carboxylic acids is 1. The highest BCUT2D eigenvalue weighted by Crippen LogP contribution is 2.65. The lowest BCUT2D eigenvalue weighted by Gasteiger charge is -2.50. The molecule has 2 saturated heterocycles. The van der Waals surface area contributed by atoms with Crippen molar-refractivity contribution in [1.29, 1.82) is 0 Å². The van der Waals surface area contributed by atoms with Crippen molar-refractivity contribution < 1.29 is 43.7 Å². The number of allylic oxidation sites excluding steroid dienone is 2. The molecule has 214 valence electrons. The second kappa shape index (κ2) is 9.66. The van der Waals surface area contributed by atoms with E-state index in [2.05, 4.69) is 0 Å². The van der Waals surface area contributed by atoms with Crippen molar-refractivity contribution >= 4 is 52.8 Å². The third-order valence-electron chi connectivity index (χ3n) is 8.71. The summed E-state index contributed by atoms with van der Waals surface area (Å²) in [6, 6.07) is 2.96. The van der Waals surface area contributed by atoms with Gasteiger partial charge in [-0.2, -0.15) is 0 Å². The first-order chi connectivity index (χ1) is 18.8. The van der Waals surface area contributed by atoms with Crippen molar-refractivity contribution in [3.8, 4) is 17.2 Å². The van der Waals surface area contributed by atoms with Gasteiger partial charge in [0.15, 0.2) is 21.2 Å². The molecular formula is C27H28Cl2N2O9. The molecule has 0 radical (unpaired) electrons. The summed E-state index contributed by atoms with van der Waals surface area (Å²) < 4.78 is 10.7. The lowest BCUT2D eigenvalue weighted by molar-refractivity contribution is -0.142. The minimum absolute atomic E-state index is 0.0352. The van der Waals surface area contributed by atoms with Crippen molar-refractivity contribution in [2.75, 3.05) is 27.8 Å². The molecule has 5 rings (SSSR count). The number of carbonyl (C=O) groups is 5. The van der Waals surface area contributed by atoms with Gasteiger partial charge in [-0.3, -0.25) is 33.8 Å². The second-order valence-corrected chi connectivity index (χ2v) is 11.8. The van der Waals surface area contributed by atoms with Crippen LogP contribution in [0, 0.1) is 17.8 Å². The number of methoxy groups -OCH3 is 2. The summed E-state index contributed by atoms with van der Waals surface area (Å²) in [5.74, 6) is -6.89. The van der Waals surface area contributed by atoms with Crippen molar-refractivity contribution in [2.24, 2.45) is 17.8 Å². The molecule has 0 aromatic heterocycles. The first kappa shape index (κ1) is 28.2. The molecule has 2 heterocycles. The summed E-state index contributed by atoms with van der Waals surface area (Å²) in [4.78, 5) is 63.1. The number of hydrogen-bond donors (Lipinski definition) is 2. The van der Waals surface area contributed by atoms with Gasteiger partial charge in [-0.1, -0.05) is 11.6 Å². The van der Waals surface area contributed by atoms with Crippen LogP contribution in [-0.4, -0.2) is 87.2 Å². The quantitative estimate of drug-likeness (QED) is 0.275. The van der Waals surface area contributed by atoms with Crippen LogP contribution in [0.3, 0.4) is 0 Å². The Balaban J connectivity index is 1.66. The fourth-order valence-electron chi connectivity index (χ4n) is 6.87. The molecule has 3 fully saturated rings. The van der Waals surface area contributed by atoms with Gasteiger partial charge in [-0.25, -0.2) is 0 Å². The van der Waals surface area contributed by atoms with E-state index in [1.165, 1.54) is 33.4 Å². The molecule has 0 bridgehead atoms. The van der Waals surface area contributed by atoms with Gasteiger partial charge in [0.2, 0.25) is 17.6 Å². The molecule has 1 aromatic rings. The van der Waals surface area contributed by atoms with E-state index in [0.717, 1.165) is 9.80 Å². The standard InChI is InChI=1S/C27H28Cl2N2O9/c1-30-24(37)26(28)11-15-13(6-7-14-19(15)23(36)31(22(14)35)8-4-5-18(32)33)20(27(26,29)25(30)38)12-9-16(39-2)21(34)17(10-12)40-3/h6,9-10,14-15,19-20,34H,4-5,7-8,11H2,1-3H3,(H,32,33)/t14-,15+,19-,20-,26+,27-/m0/s1. The van der Waals surface area contributed by atoms with Crippen molar-refractivity contribution in [3.63, 3.8) is 0 Å². The van der Waals surface area contributed by atoms with Crippen LogP contribution in [0.15, 0.2) is 23.8 Å². The Morgan fingerprint density at radius 1 is 1.05 bits per heavy atom. The Hall–Kier alpha value is -3.31.